The van der Waals surface area contributed by atoms with E-state index in [0.717, 1.165) is 43.6 Å². The highest BCUT2D eigenvalue weighted by Gasteiger charge is 2.41. The van der Waals surface area contributed by atoms with Gasteiger partial charge in [-0.25, -0.2) is 19.9 Å². The maximum atomic E-state index is 5.87. The number of nitrogens with zero attached hydrogens (tertiary/aromatic N) is 6. The summed E-state index contributed by atoms with van der Waals surface area (Å²) in [6, 6.07) is 0. The molecule has 0 aromatic carbocycles. The van der Waals surface area contributed by atoms with Crippen molar-refractivity contribution in [3.63, 3.8) is 0 Å². The van der Waals surface area contributed by atoms with Crippen LogP contribution in [0.5, 0.6) is 0 Å². The molecule has 4 heterocycles. The summed E-state index contributed by atoms with van der Waals surface area (Å²) in [4.78, 5) is 22.1. The van der Waals surface area contributed by atoms with Gasteiger partial charge in [-0.05, 0) is 13.8 Å². The molecule has 0 saturated carbocycles. The predicted octanol–water partition coefficient (Wildman–Crippen LogP) is 2.11. The van der Waals surface area contributed by atoms with Crippen molar-refractivity contribution >= 4 is 23.4 Å². The Bertz CT molecular complexity index is 705. The first-order valence-electron chi connectivity index (χ1n) is 7.87. The number of aryl methyl sites for hydroxylation is 1. The van der Waals surface area contributed by atoms with E-state index in [9.17, 15) is 0 Å². The molecule has 23 heavy (non-hydrogen) atoms. The van der Waals surface area contributed by atoms with Crippen LogP contribution >= 0.6 is 11.6 Å². The van der Waals surface area contributed by atoms with Crippen LogP contribution in [0.25, 0.3) is 0 Å². The molecule has 7 heteroatoms. The third-order valence-corrected chi connectivity index (χ3v) is 5.18. The average Bonchev–Trinajstić information content (AvgIpc) is 3.09. The number of hydrogen-bond acceptors (Lipinski definition) is 6. The highest BCUT2D eigenvalue weighted by molar-refractivity contribution is 6.30. The summed E-state index contributed by atoms with van der Waals surface area (Å²) in [6.07, 6.45) is 4.99. The minimum absolute atomic E-state index is 0.578. The van der Waals surface area contributed by atoms with E-state index in [2.05, 4.69) is 36.7 Å². The van der Waals surface area contributed by atoms with Gasteiger partial charge in [0.1, 0.15) is 12.1 Å². The lowest BCUT2D eigenvalue weighted by molar-refractivity contribution is 0.533. The van der Waals surface area contributed by atoms with Crippen LogP contribution in [0.3, 0.4) is 0 Å². The first kappa shape index (κ1) is 14.6. The van der Waals surface area contributed by atoms with E-state index < -0.39 is 0 Å². The molecule has 2 atom stereocenters. The van der Waals surface area contributed by atoms with Crippen LogP contribution in [0, 0.1) is 25.7 Å². The standard InChI is InChI=1S/C16H19ClN6/c1-10-11(2)20-9-21-15(10)22-5-12-7-23(8-13(12)6-22)16-18-3-14(17)4-19-16/h3-4,9,12-13H,5-8H2,1-2H3. The van der Waals surface area contributed by atoms with Gasteiger partial charge >= 0.3 is 0 Å². The molecule has 0 radical (unpaired) electrons. The van der Waals surface area contributed by atoms with Gasteiger partial charge in [0.25, 0.3) is 0 Å². The van der Waals surface area contributed by atoms with Crippen molar-refractivity contribution in [2.24, 2.45) is 11.8 Å². The normalized spacial score (nSPS) is 23.4. The van der Waals surface area contributed by atoms with Crippen LogP contribution in [0.1, 0.15) is 11.3 Å². The largest absolute Gasteiger partial charge is 0.356 e. The zero-order valence-electron chi connectivity index (χ0n) is 13.3. The molecule has 4 rings (SSSR count). The maximum Gasteiger partial charge on any atom is 0.225 e. The number of anilines is 2. The molecule has 0 amide bonds. The average molecular weight is 331 g/mol. The second-order valence-corrected chi connectivity index (χ2v) is 6.88. The van der Waals surface area contributed by atoms with E-state index in [1.807, 2.05) is 6.92 Å². The van der Waals surface area contributed by atoms with Crippen molar-refractivity contribution in [3.05, 3.63) is 35.0 Å². The van der Waals surface area contributed by atoms with Gasteiger partial charge in [-0.15, -0.1) is 0 Å². The van der Waals surface area contributed by atoms with Crippen molar-refractivity contribution in [2.45, 2.75) is 13.8 Å². The number of fused-ring (bicyclic) bond motifs is 1. The summed E-state index contributed by atoms with van der Waals surface area (Å²) in [6.45, 7) is 8.19. The van der Waals surface area contributed by atoms with Crippen LogP contribution in [0.2, 0.25) is 5.02 Å². The molecular weight excluding hydrogens is 312 g/mol. The minimum atomic E-state index is 0.578. The third-order valence-electron chi connectivity index (χ3n) is 4.98. The van der Waals surface area contributed by atoms with Gasteiger partial charge in [-0.3, -0.25) is 0 Å². The van der Waals surface area contributed by atoms with E-state index in [1.165, 1.54) is 5.56 Å². The smallest absolute Gasteiger partial charge is 0.225 e. The molecule has 6 nitrogen and oxygen atoms in total. The zero-order chi connectivity index (χ0) is 16.0. The molecule has 0 spiro atoms. The Morgan fingerprint density at radius 2 is 1.52 bits per heavy atom. The first-order chi connectivity index (χ1) is 11.1. The van der Waals surface area contributed by atoms with Crippen molar-refractivity contribution in [1.82, 2.24) is 19.9 Å². The van der Waals surface area contributed by atoms with Crippen molar-refractivity contribution in [2.75, 3.05) is 36.0 Å². The molecule has 2 aromatic rings. The Morgan fingerprint density at radius 1 is 0.913 bits per heavy atom. The van der Waals surface area contributed by atoms with Crippen molar-refractivity contribution < 1.29 is 0 Å². The third kappa shape index (κ3) is 2.61. The van der Waals surface area contributed by atoms with Crippen LogP contribution in [-0.2, 0) is 0 Å². The van der Waals surface area contributed by atoms with E-state index >= 15 is 0 Å². The highest BCUT2D eigenvalue weighted by Crippen LogP contribution is 2.35. The quantitative estimate of drug-likeness (QED) is 0.840. The number of halogens is 1. The molecule has 0 bridgehead atoms. The van der Waals surface area contributed by atoms with Crippen LogP contribution in [0.15, 0.2) is 18.7 Å². The molecule has 2 unspecified atom stereocenters. The second kappa shape index (κ2) is 5.60. The monoisotopic (exact) mass is 330 g/mol. The van der Waals surface area contributed by atoms with Crippen LogP contribution in [0.4, 0.5) is 11.8 Å². The lowest BCUT2D eigenvalue weighted by Crippen LogP contribution is -2.30. The van der Waals surface area contributed by atoms with Gasteiger partial charge in [-0.1, -0.05) is 11.6 Å². The van der Waals surface area contributed by atoms with Gasteiger partial charge in [0, 0.05) is 49.3 Å². The molecular formula is C16H19ClN6. The maximum absolute atomic E-state index is 5.87. The van der Waals surface area contributed by atoms with E-state index in [0.29, 0.717) is 16.9 Å². The number of hydrogen-bond donors (Lipinski definition) is 0. The lowest BCUT2D eigenvalue weighted by Gasteiger charge is -2.23. The fourth-order valence-corrected chi connectivity index (χ4v) is 3.74. The summed E-state index contributed by atoms with van der Waals surface area (Å²) in [7, 11) is 0. The summed E-state index contributed by atoms with van der Waals surface area (Å²) in [5, 5.41) is 0.578. The van der Waals surface area contributed by atoms with Gasteiger partial charge in [0.15, 0.2) is 0 Å². The number of rotatable bonds is 2. The Morgan fingerprint density at radius 3 is 2.17 bits per heavy atom. The topological polar surface area (TPSA) is 58.0 Å². The Labute approximate surface area is 140 Å². The molecule has 2 saturated heterocycles. The van der Waals surface area contributed by atoms with Gasteiger partial charge in [0.2, 0.25) is 5.95 Å². The second-order valence-electron chi connectivity index (χ2n) is 6.44. The zero-order valence-corrected chi connectivity index (χ0v) is 14.0. The molecule has 2 aromatic heterocycles. The highest BCUT2D eigenvalue weighted by atomic mass is 35.5. The Kier molecular flexibility index (Phi) is 3.56. The van der Waals surface area contributed by atoms with Crippen LogP contribution < -0.4 is 9.80 Å². The number of aromatic nitrogens is 4. The molecule has 2 aliphatic rings. The molecule has 0 aliphatic carbocycles. The van der Waals surface area contributed by atoms with E-state index in [-0.39, 0.29) is 0 Å². The fourth-order valence-electron chi connectivity index (χ4n) is 3.64. The lowest BCUT2D eigenvalue weighted by atomic mass is 10.0. The van der Waals surface area contributed by atoms with Gasteiger partial charge in [0.05, 0.1) is 17.4 Å². The van der Waals surface area contributed by atoms with E-state index in [4.69, 9.17) is 11.6 Å². The Balaban J connectivity index is 1.48. The first-order valence-corrected chi connectivity index (χ1v) is 8.25. The SMILES string of the molecule is Cc1ncnc(N2CC3CN(c4ncc(Cl)cn4)CC3C2)c1C. The summed E-state index contributed by atoms with van der Waals surface area (Å²) < 4.78 is 0. The molecule has 120 valence electrons. The summed E-state index contributed by atoms with van der Waals surface area (Å²) in [5.41, 5.74) is 2.24. The summed E-state index contributed by atoms with van der Waals surface area (Å²) >= 11 is 5.87. The summed E-state index contributed by atoms with van der Waals surface area (Å²) in [5.74, 6) is 3.12. The van der Waals surface area contributed by atoms with E-state index in [1.54, 1.807) is 18.7 Å². The van der Waals surface area contributed by atoms with Crippen LogP contribution in [-0.4, -0.2) is 46.1 Å². The van der Waals surface area contributed by atoms with Gasteiger partial charge < -0.3 is 9.80 Å². The van der Waals surface area contributed by atoms with Crippen molar-refractivity contribution in [1.29, 1.82) is 0 Å². The predicted molar refractivity (Wildman–Crippen MR) is 90.0 cm³/mol. The Hall–Kier alpha value is -1.95. The molecule has 0 N–H and O–H groups in total. The van der Waals surface area contributed by atoms with Gasteiger partial charge in [-0.2, -0.15) is 0 Å². The van der Waals surface area contributed by atoms with Crippen molar-refractivity contribution in [3.8, 4) is 0 Å². The minimum Gasteiger partial charge on any atom is -0.356 e. The molecule has 2 aliphatic heterocycles. The fraction of sp³-hybridized carbons (Fsp3) is 0.500. The molecule has 2 fully saturated rings.